The fourth-order valence-corrected chi connectivity index (χ4v) is 1.77. The molecule has 2 aromatic rings. The van der Waals surface area contributed by atoms with E-state index in [-0.39, 0.29) is 35.0 Å². The van der Waals surface area contributed by atoms with Crippen molar-refractivity contribution in [2.75, 3.05) is 4.90 Å². The molecule has 0 fully saturated rings. The third-order valence-corrected chi connectivity index (χ3v) is 2.62. The van der Waals surface area contributed by atoms with Gasteiger partial charge in [-0.25, -0.2) is 4.79 Å². The summed E-state index contributed by atoms with van der Waals surface area (Å²) in [7, 11) is 0. The number of hydrogen-bond acceptors (Lipinski definition) is 3. The molecule has 5 nitrogen and oxygen atoms in total. The summed E-state index contributed by atoms with van der Waals surface area (Å²) in [6.45, 7) is 0.0905. The van der Waals surface area contributed by atoms with E-state index in [4.69, 9.17) is 0 Å². The summed E-state index contributed by atoms with van der Waals surface area (Å²) in [5.41, 5.74) is 1.03. The van der Waals surface area contributed by atoms with E-state index in [1.165, 1.54) is 24.3 Å². The fraction of sp³-hybridized carbons (Fsp3) is 0.0714. The molecular formula is C14H14BrNO4. The van der Waals surface area contributed by atoms with E-state index in [0.717, 1.165) is 4.90 Å². The predicted molar refractivity (Wildman–Crippen MR) is 80.7 cm³/mol. The minimum Gasteiger partial charge on any atom is -0.508 e. The van der Waals surface area contributed by atoms with E-state index in [1.54, 1.807) is 24.3 Å². The van der Waals surface area contributed by atoms with Crippen LogP contribution in [0.4, 0.5) is 10.5 Å². The van der Waals surface area contributed by atoms with Gasteiger partial charge in [-0.1, -0.05) is 18.2 Å². The quantitative estimate of drug-likeness (QED) is 0.800. The summed E-state index contributed by atoms with van der Waals surface area (Å²) in [4.78, 5) is 12.4. The standard InChI is InChI=1S/C14H13NO4.BrH/c16-12-5-1-3-10(7-12)9-15(14(18)19)11-4-2-6-13(17)8-11;/h1-8,16-17H,9H2,(H,18,19);1H. The highest BCUT2D eigenvalue weighted by Crippen LogP contribution is 2.23. The lowest BCUT2D eigenvalue weighted by Crippen LogP contribution is -2.28. The smallest absolute Gasteiger partial charge is 0.412 e. The van der Waals surface area contributed by atoms with E-state index >= 15 is 0 Å². The number of hydrogen-bond donors (Lipinski definition) is 3. The summed E-state index contributed by atoms with van der Waals surface area (Å²) in [5, 5.41) is 28.0. The van der Waals surface area contributed by atoms with Crippen LogP contribution in [0.3, 0.4) is 0 Å². The van der Waals surface area contributed by atoms with Gasteiger partial charge in [-0.05, 0) is 29.8 Å². The molecule has 0 radical (unpaired) electrons. The molecule has 0 bridgehead atoms. The molecule has 0 unspecified atom stereocenters. The van der Waals surface area contributed by atoms with Gasteiger partial charge in [-0.2, -0.15) is 0 Å². The highest BCUT2D eigenvalue weighted by molar-refractivity contribution is 8.93. The number of rotatable bonds is 3. The number of aromatic hydroxyl groups is 2. The van der Waals surface area contributed by atoms with Crippen molar-refractivity contribution in [3.63, 3.8) is 0 Å². The lowest BCUT2D eigenvalue weighted by Gasteiger charge is -2.19. The van der Waals surface area contributed by atoms with Gasteiger partial charge in [0.25, 0.3) is 0 Å². The highest BCUT2D eigenvalue weighted by atomic mass is 79.9. The maximum atomic E-state index is 11.3. The fourth-order valence-electron chi connectivity index (χ4n) is 1.77. The molecule has 2 aromatic carbocycles. The highest BCUT2D eigenvalue weighted by Gasteiger charge is 2.15. The second kappa shape index (κ2) is 6.81. The van der Waals surface area contributed by atoms with Crippen molar-refractivity contribution in [1.82, 2.24) is 0 Å². The van der Waals surface area contributed by atoms with Crippen LogP contribution in [0.5, 0.6) is 11.5 Å². The molecule has 0 heterocycles. The molecule has 2 rings (SSSR count). The summed E-state index contributed by atoms with van der Waals surface area (Å²) in [6, 6.07) is 12.4. The van der Waals surface area contributed by atoms with Crippen molar-refractivity contribution in [3.8, 4) is 11.5 Å². The predicted octanol–water partition coefficient (Wildman–Crippen LogP) is 3.36. The van der Waals surface area contributed by atoms with Crippen LogP contribution in [-0.2, 0) is 6.54 Å². The Labute approximate surface area is 126 Å². The Morgan fingerprint density at radius 3 is 2.15 bits per heavy atom. The van der Waals surface area contributed by atoms with E-state index in [1.807, 2.05) is 0 Å². The summed E-state index contributed by atoms with van der Waals surface area (Å²) < 4.78 is 0. The van der Waals surface area contributed by atoms with Gasteiger partial charge in [0.15, 0.2) is 0 Å². The zero-order valence-corrected chi connectivity index (χ0v) is 12.1. The molecule has 0 saturated carbocycles. The van der Waals surface area contributed by atoms with Crippen LogP contribution in [0.15, 0.2) is 48.5 Å². The van der Waals surface area contributed by atoms with Gasteiger partial charge in [-0.15, -0.1) is 17.0 Å². The number of carboxylic acid groups (broad SMARTS) is 1. The molecule has 20 heavy (non-hydrogen) atoms. The number of carbonyl (C=O) groups is 1. The first-order chi connectivity index (χ1) is 9.06. The molecule has 1 amide bonds. The Balaban J connectivity index is 0.00000200. The molecule has 3 N–H and O–H groups in total. The molecule has 0 saturated heterocycles. The van der Waals surface area contributed by atoms with Crippen LogP contribution in [0, 0.1) is 0 Å². The van der Waals surface area contributed by atoms with E-state index in [9.17, 15) is 20.1 Å². The van der Waals surface area contributed by atoms with Gasteiger partial charge < -0.3 is 15.3 Å². The first-order valence-corrected chi connectivity index (χ1v) is 5.63. The van der Waals surface area contributed by atoms with E-state index < -0.39 is 6.09 Å². The topological polar surface area (TPSA) is 81.0 Å². The van der Waals surface area contributed by atoms with Crippen LogP contribution in [0.2, 0.25) is 0 Å². The van der Waals surface area contributed by atoms with Gasteiger partial charge in [0.05, 0.1) is 12.2 Å². The largest absolute Gasteiger partial charge is 0.508 e. The van der Waals surface area contributed by atoms with Gasteiger partial charge in [0.1, 0.15) is 11.5 Å². The Morgan fingerprint density at radius 1 is 1.00 bits per heavy atom. The number of benzene rings is 2. The van der Waals surface area contributed by atoms with Crippen LogP contribution < -0.4 is 4.90 Å². The van der Waals surface area contributed by atoms with Crippen LogP contribution in [0.1, 0.15) is 5.56 Å². The first-order valence-electron chi connectivity index (χ1n) is 5.63. The molecule has 0 aliphatic carbocycles. The average molecular weight is 340 g/mol. The Morgan fingerprint density at radius 2 is 1.60 bits per heavy atom. The van der Waals surface area contributed by atoms with Crippen molar-refractivity contribution in [2.24, 2.45) is 0 Å². The number of anilines is 1. The zero-order valence-electron chi connectivity index (χ0n) is 10.4. The number of amides is 1. The minimum absolute atomic E-state index is 0. The summed E-state index contributed by atoms with van der Waals surface area (Å²) >= 11 is 0. The number of phenols is 2. The number of phenolic OH excluding ortho intramolecular Hbond substituents is 2. The van der Waals surface area contributed by atoms with Crippen LogP contribution in [0.25, 0.3) is 0 Å². The SMILES string of the molecule is Br.O=C(O)N(Cc1cccc(O)c1)c1cccc(O)c1. The minimum atomic E-state index is -1.13. The number of nitrogens with zero attached hydrogens (tertiary/aromatic N) is 1. The maximum Gasteiger partial charge on any atom is 0.412 e. The maximum absolute atomic E-state index is 11.3. The van der Waals surface area contributed by atoms with E-state index in [0.29, 0.717) is 11.3 Å². The summed E-state index contributed by atoms with van der Waals surface area (Å²) in [6.07, 6.45) is -1.13. The third-order valence-electron chi connectivity index (χ3n) is 2.62. The van der Waals surface area contributed by atoms with Gasteiger partial charge >= 0.3 is 6.09 Å². The molecule has 0 aliphatic rings. The van der Waals surface area contributed by atoms with Gasteiger partial charge in [0, 0.05) is 6.07 Å². The van der Waals surface area contributed by atoms with Crippen LogP contribution >= 0.6 is 17.0 Å². The molecular weight excluding hydrogens is 326 g/mol. The zero-order chi connectivity index (χ0) is 13.8. The second-order valence-electron chi connectivity index (χ2n) is 4.06. The molecule has 0 aliphatic heterocycles. The second-order valence-corrected chi connectivity index (χ2v) is 4.06. The molecule has 106 valence electrons. The lowest BCUT2D eigenvalue weighted by atomic mass is 10.2. The van der Waals surface area contributed by atoms with Crippen molar-refractivity contribution in [1.29, 1.82) is 0 Å². The average Bonchev–Trinajstić information content (AvgIpc) is 2.35. The Bertz CT molecular complexity index is 603. The molecule has 0 aromatic heterocycles. The lowest BCUT2D eigenvalue weighted by molar-refractivity contribution is 0.201. The first kappa shape index (κ1) is 15.8. The van der Waals surface area contributed by atoms with Gasteiger partial charge in [0.2, 0.25) is 0 Å². The van der Waals surface area contributed by atoms with E-state index in [2.05, 4.69) is 0 Å². The normalized spacial score (nSPS) is 9.60. The summed E-state index contributed by atoms with van der Waals surface area (Å²) in [5.74, 6) is 0.0819. The van der Waals surface area contributed by atoms with Crippen molar-refractivity contribution < 1.29 is 20.1 Å². The number of halogens is 1. The third kappa shape index (κ3) is 3.89. The Kier molecular flexibility index (Phi) is 5.40. The van der Waals surface area contributed by atoms with Gasteiger partial charge in [-0.3, -0.25) is 4.90 Å². The Hall–Kier alpha value is -2.21. The molecule has 0 spiro atoms. The van der Waals surface area contributed by atoms with Crippen molar-refractivity contribution >= 4 is 28.8 Å². The molecule has 6 heteroatoms. The van der Waals surface area contributed by atoms with Crippen LogP contribution in [-0.4, -0.2) is 21.4 Å². The van der Waals surface area contributed by atoms with Crippen molar-refractivity contribution in [3.05, 3.63) is 54.1 Å². The molecule has 0 atom stereocenters. The monoisotopic (exact) mass is 339 g/mol. The van der Waals surface area contributed by atoms with Crippen molar-refractivity contribution in [2.45, 2.75) is 6.54 Å².